The third-order valence-corrected chi connectivity index (χ3v) is 6.32. The van der Waals surface area contributed by atoms with Gasteiger partial charge in [0.2, 0.25) is 0 Å². The van der Waals surface area contributed by atoms with E-state index in [4.69, 9.17) is 4.98 Å². The van der Waals surface area contributed by atoms with E-state index in [2.05, 4.69) is 9.88 Å². The van der Waals surface area contributed by atoms with Gasteiger partial charge < -0.3 is 9.88 Å². The number of nitrogens with one attached hydrogen (secondary N) is 1. The van der Waals surface area contributed by atoms with E-state index in [1.165, 1.54) is 43.7 Å². The van der Waals surface area contributed by atoms with Crippen LogP contribution in [0.4, 0.5) is 0 Å². The molecule has 4 nitrogen and oxygen atoms in total. The molecule has 0 radical (unpaired) electrons. The normalized spacial score (nSPS) is 16.3. The van der Waals surface area contributed by atoms with E-state index in [1.807, 2.05) is 24.3 Å². The number of fused-ring (bicyclic) bond motifs is 3. The molecule has 120 valence electrons. The summed E-state index contributed by atoms with van der Waals surface area (Å²) in [7, 11) is 0. The van der Waals surface area contributed by atoms with Crippen molar-refractivity contribution in [1.29, 1.82) is 0 Å². The number of rotatable bonds is 4. The Balaban J connectivity index is 1.55. The van der Waals surface area contributed by atoms with E-state index in [9.17, 15) is 4.79 Å². The zero-order chi connectivity index (χ0) is 15.6. The van der Waals surface area contributed by atoms with Gasteiger partial charge in [-0.3, -0.25) is 4.79 Å². The summed E-state index contributed by atoms with van der Waals surface area (Å²) in [5, 5.41) is 1.82. The lowest BCUT2D eigenvalue weighted by Gasteiger charge is -2.25. The number of aromatic amines is 1. The van der Waals surface area contributed by atoms with Crippen LogP contribution >= 0.6 is 23.1 Å². The lowest BCUT2D eigenvalue weighted by molar-refractivity contribution is 0.242. The molecule has 1 saturated heterocycles. The van der Waals surface area contributed by atoms with Crippen molar-refractivity contribution in [3.8, 4) is 0 Å². The molecular weight excluding hydrogens is 326 g/mol. The van der Waals surface area contributed by atoms with Gasteiger partial charge in [0.05, 0.1) is 5.52 Å². The summed E-state index contributed by atoms with van der Waals surface area (Å²) in [5.41, 5.74) is 0.825. The van der Waals surface area contributed by atoms with E-state index in [1.54, 1.807) is 11.8 Å². The van der Waals surface area contributed by atoms with Crippen molar-refractivity contribution in [2.45, 2.75) is 24.4 Å². The number of thioether (sulfide) groups is 1. The molecule has 0 bridgehead atoms. The zero-order valence-corrected chi connectivity index (χ0v) is 14.5. The van der Waals surface area contributed by atoms with Crippen LogP contribution in [-0.2, 0) is 0 Å². The second kappa shape index (κ2) is 6.63. The highest BCUT2D eigenvalue weighted by atomic mass is 32.2. The van der Waals surface area contributed by atoms with Crippen LogP contribution in [0.25, 0.3) is 20.3 Å². The number of nitrogens with zero attached hydrogens (tertiary/aromatic N) is 2. The van der Waals surface area contributed by atoms with Gasteiger partial charge in [-0.2, -0.15) is 0 Å². The fraction of sp³-hybridized carbons (Fsp3) is 0.412. The van der Waals surface area contributed by atoms with E-state index in [-0.39, 0.29) is 5.56 Å². The van der Waals surface area contributed by atoms with Crippen molar-refractivity contribution in [2.24, 2.45) is 0 Å². The number of thiophene rings is 1. The third kappa shape index (κ3) is 3.16. The van der Waals surface area contributed by atoms with Gasteiger partial charge in [-0.1, -0.05) is 36.4 Å². The van der Waals surface area contributed by atoms with Crippen molar-refractivity contribution in [1.82, 2.24) is 14.9 Å². The van der Waals surface area contributed by atoms with Gasteiger partial charge in [0, 0.05) is 22.4 Å². The van der Waals surface area contributed by atoms with Crippen LogP contribution in [0, 0.1) is 0 Å². The Kier molecular flexibility index (Phi) is 4.37. The Morgan fingerprint density at radius 2 is 2.04 bits per heavy atom. The maximum atomic E-state index is 12.3. The Hall–Kier alpha value is -1.37. The van der Waals surface area contributed by atoms with E-state index >= 15 is 0 Å². The second-order valence-electron chi connectivity index (χ2n) is 5.90. The summed E-state index contributed by atoms with van der Waals surface area (Å²) in [6, 6.07) is 8.09. The van der Waals surface area contributed by atoms with Crippen LogP contribution in [0.5, 0.6) is 0 Å². The summed E-state index contributed by atoms with van der Waals surface area (Å²) in [6.07, 6.45) is 3.99. The molecule has 0 amide bonds. The maximum absolute atomic E-state index is 12.3. The third-order valence-electron chi connectivity index (χ3n) is 4.30. The predicted octanol–water partition coefficient (Wildman–Crippen LogP) is 3.72. The van der Waals surface area contributed by atoms with Crippen LogP contribution < -0.4 is 5.56 Å². The van der Waals surface area contributed by atoms with Crippen LogP contribution in [0.15, 0.2) is 34.2 Å². The van der Waals surface area contributed by atoms with Gasteiger partial charge in [0.15, 0.2) is 5.16 Å². The number of likely N-dealkylation sites (tertiary alicyclic amines) is 1. The summed E-state index contributed by atoms with van der Waals surface area (Å²) >= 11 is 3.17. The SMILES string of the molecule is O=c1[nH]c(SCCN2CCCCC2)nc2c1sc1ccccc12. The monoisotopic (exact) mass is 345 g/mol. The quantitative estimate of drug-likeness (QED) is 0.578. The highest BCUT2D eigenvalue weighted by Gasteiger charge is 2.13. The lowest BCUT2D eigenvalue weighted by Crippen LogP contribution is -2.31. The summed E-state index contributed by atoms with van der Waals surface area (Å²) in [6.45, 7) is 3.48. The Morgan fingerprint density at radius 1 is 1.22 bits per heavy atom. The molecule has 0 spiro atoms. The summed E-state index contributed by atoms with van der Waals surface area (Å²) < 4.78 is 1.85. The molecule has 23 heavy (non-hydrogen) atoms. The molecule has 1 fully saturated rings. The highest BCUT2D eigenvalue weighted by molar-refractivity contribution is 7.99. The number of hydrogen-bond acceptors (Lipinski definition) is 5. The minimum atomic E-state index is -0.0170. The molecule has 1 N–H and O–H groups in total. The average Bonchev–Trinajstić information content (AvgIpc) is 2.96. The number of H-pyrrole nitrogens is 1. The fourth-order valence-electron chi connectivity index (χ4n) is 3.10. The first-order valence-electron chi connectivity index (χ1n) is 8.08. The standard InChI is InChI=1S/C17H19N3OS2/c21-16-15-14(12-6-2-3-7-13(12)23-15)18-17(19-16)22-11-10-20-8-4-1-5-9-20/h2-3,6-7H,1,4-5,8-11H2,(H,18,19,21). The Labute approximate surface area is 142 Å². The van der Waals surface area contributed by atoms with Gasteiger partial charge in [0.1, 0.15) is 4.70 Å². The van der Waals surface area contributed by atoms with Gasteiger partial charge in [-0.05, 0) is 32.0 Å². The number of hydrogen-bond donors (Lipinski definition) is 1. The molecular formula is C17H19N3OS2. The van der Waals surface area contributed by atoms with Crippen LogP contribution in [0.2, 0.25) is 0 Å². The molecule has 0 atom stereocenters. The molecule has 6 heteroatoms. The van der Waals surface area contributed by atoms with E-state index in [0.29, 0.717) is 0 Å². The number of piperidine rings is 1. The molecule has 0 unspecified atom stereocenters. The molecule has 2 aromatic heterocycles. The van der Waals surface area contributed by atoms with Crippen LogP contribution in [-0.4, -0.2) is 40.3 Å². The van der Waals surface area contributed by atoms with Crippen molar-refractivity contribution in [3.63, 3.8) is 0 Å². The highest BCUT2D eigenvalue weighted by Crippen LogP contribution is 2.30. The minimum absolute atomic E-state index is 0.0170. The molecule has 1 aromatic carbocycles. The molecule has 0 aliphatic carbocycles. The minimum Gasteiger partial charge on any atom is -0.303 e. The van der Waals surface area contributed by atoms with E-state index in [0.717, 1.165) is 37.8 Å². The van der Waals surface area contributed by atoms with Crippen molar-refractivity contribution in [2.75, 3.05) is 25.4 Å². The molecule has 4 rings (SSSR count). The van der Waals surface area contributed by atoms with Crippen molar-refractivity contribution in [3.05, 3.63) is 34.6 Å². The number of benzene rings is 1. The zero-order valence-electron chi connectivity index (χ0n) is 12.9. The van der Waals surface area contributed by atoms with Gasteiger partial charge in [-0.15, -0.1) is 11.3 Å². The lowest BCUT2D eigenvalue weighted by atomic mass is 10.1. The van der Waals surface area contributed by atoms with Gasteiger partial charge >= 0.3 is 0 Å². The largest absolute Gasteiger partial charge is 0.303 e. The molecule has 0 saturated carbocycles. The van der Waals surface area contributed by atoms with Crippen LogP contribution in [0.1, 0.15) is 19.3 Å². The number of aromatic nitrogens is 2. The average molecular weight is 345 g/mol. The predicted molar refractivity (Wildman–Crippen MR) is 98.8 cm³/mol. The van der Waals surface area contributed by atoms with Crippen molar-refractivity contribution < 1.29 is 0 Å². The first-order chi connectivity index (χ1) is 11.3. The summed E-state index contributed by atoms with van der Waals surface area (Å²) in [5.74, 6) is 0.969. The fourth-order valence-corrected chi connectivity index (χ4v) is 5.00. The first kappa shape index (κ1) is 15.2. The molecule has 3 heterocycles. The van der Waals surface area contributed by atoms with Gasteiger partial charge in [0.25, 0.3) is 5.56 Å². The summed E-state index contributed by atoms with van der Waals surface area (Å²) in [4.78, 5) is 22.5. The van der Waals surface area contributed by atoms with Crippen LogP contribution in [0.3, 0.4) is 0 Å². The van der Waals surface area contributed by atoms with E-state index < -0.39 is 0 Å². The topological polar surface area (TPSA) is 49.0 Å². The maximum Gasteiger partial charge on any atom is 0.269 e. The van der Waals surface area contributed by atoms with Gasteiger partial charge in [-0.25, -0.2) is 4.98 Å². The smallest absolute Gasteiger partial charge is 0.269 e. The molecule has 3 aromatic rings. The van der Waals surface area contributed by atoms with Crippen molar-refractivity contribution >= 4 is 43.4 Å². The Bertz CT molecular complexity index is 880. The molecule has 1 aliphatic rings. The molecule has 1 aliphatic heterocycles. The first-order valence-corrected chi connectivity index (χ1v) is 9.88. The Morgan fingerprint density at radius 3 is 2.91 bits per heavy atom. The second-order valence-corrected chi connectivity index (χ2v) is 8.03.